The second-order valence-corrected chi connectivity index (χ2v) is 10.5. The van der Waals surface area contributed by atoms with Crippen molar-refractivity contribution in [1.29, 1.82) is 0 Å². The molecule has 2 aromatic carbocycles. The molecule has 0 saturated carbocycles. The number of rotatable bonds is 4. The molecule has 0 aliphatic carbocycles. The van der Waals surface area contributed by atoms with E-state index in [0.29, 0.717) is 30.1 Å². The molecule has 0 fully saturated rings. The molecule has 0 spiro atoms. The highest BCUT2D eigenvalue weighted by molar-refractivity contribution is 7.98. The maximum absolute atomic E-state index is 13.9. The van der Waals surface area contributed by atoms with Gasteiger partial charge in [0, 0.05) is 24.1 Å². The zero-order valence-corrected chi connectivity index (χ0v) is 20.6. The Morgan fingerprint density at radius 1 is 1.12 bits per heavy atom. The molecule has 5 nitrogen and oxygen atoms in total. The van der Waals surface area contributed by atoms with Crippen LogP contribution in [-0.4, -0.2) is 26.9 Å². The Hall–Kier alpha value is -2.90. The number of carbonyl (C=O) groups excluding carboxylic acids is 1. The van der Waals surface area contributed by atoms with Crippen molar-refractivity contribution in [3.05, 3.63) is 86.0 Å². The van der Waals surface area contributed by atoms with E-state index in [2.05, 4.69) is 31.2 Å². The minimum Gasteiger partial charge on any atom is -0.337 e. The average Bonchev–Trinajstić information content (AvgIpc) is 3.17. The number of benzene rings is 2. The predicted octanol–water partition coefficient (Wildman–Crippen LogP) is 5.26. The molecular weight excluding hydrogens is 450 g/mol. The Labute approximate surface area is 201 Å². The summed E-state index contributed by atoms with van der Waals surface area (Å²) in [6, 6.07) is 16.4. The van der Waals surface area contributed by atoms with E-state index in [9.17, 15) is 9.59 Å². The lowest BCUT2D eigenvalue weighted by Gasteiger charge is -2.25. The number of thiophene rings is 1. The minimum atomic E-state index is -0.0190. The average molecular weight is 476 g/mol. The lowest BCUT2D eigenvalue weighted by atomic mass is 10.1. The number of aromatic nitrogens is 2. The molecule has 7 heteroatoms. The summed E-state index contributed by atoms with van der Waals surface area (Å²) in [4.78, 5) is 34.5. The van der Waals surface area contributed by atoms with Gasteiger partial charge in [-0.1, -0.05) is 59.8 Å². The molecule has 0 saturated heterocycles. The standard InChI is InChI=1S/C26H25N3O2S2/c1-16-8-10-19(11-9-16)15-32-26-27-24-23(20-12-13-28(18(3)30)14-22(20)33-24)25(31)29(26)21-7-5-4-6-17(21)2/h4-11H,12-15H2,1-3H3. The summed E-state index contributed by atoms with van der Waals surface area (Å²) in [5.41, 5.74) is 5.36. The summed E-state index contributed by atoms with van der Waals surface area (Å²) in [7, 11) is 0. The first-order valence-corrected chi connectivity index (χ1v) is 12.8. The van der Waals surface area contributed by atoms with Gasteiger partial charge in [-0.15, -0.1) is 11.3 Å². The van der Waals surface area contributed by atoms with Gasteiger partial charge in [-0.3, -0.25) is 14.2 Å². The van der Waals surface area contributed by atoms with Crippen LogP contribution >= 0.6 is 23.1 Å². The molecule has 33 heavy (non-hydrogen) atoms. The smallest absolute Gasteiger partial charge is 0.267 e. The third kappa shape index (κ3) is 4.11. The van der Waals surface area contributed by atoms with E-state index in [1.165, 1.54) is 11.1 Å². The summed E-state index contributed by atoms with van der Waals surface area (Å²) in [6.45, 7) is 6.90. The zero-order chi connectivity index (χ0) is 23.1. The largest absolute Gasteiger partial charge is 0.337 e. The molecule has 0 atom stereocenters. The summed E-state index contributed by atoms with van der Waals surface area (Å²) < 4.78 is 1.78. The van der Waals surface area contributed by atoms with Crippen molar-refractivity contribution >= 4 is 39.2 Å². The van der Waals surface area contributed by atoms with Gasteiger partial charge in [-0.05, 0) is 43.0 Å². The number of nitrogens with zero attached hydrogens (tertiary/aromatic N) is 3. The monoisotopic (exact) mass is 475 g/mol. The molecule has 168 valence electrons. The van der Waals surface area contributed by atoms with Crippen LogP contribution in [0.25, 0.3) is 15.9 Å². The van der Waals surface area contributed by atoms with Crippen LogP contribution in [0.5, 0.6) is 0 Å². The Bertz CT molecular complexity index is 1420. The third-order valence-electron chi connectivity index (χ3n) is 6.13. The zero-order valence-electron chi connectivity index (χ0n) is 18.9. The van der Waals surface area contributed by atoms with E-state index in [1.807, 2.05) is 36.1 Å². The minimum absolute atomic E-state index is 0.0190. The fraction of sp³-hybridized carbons (Fsp3) is 0.269. The lowest BCUT2D eigenvalue weighted by molar-refractivity contribution is -0.129. The van der Waals surface area contributed by atoms with Crippen molar-refractivity contribution < 1.29 is 4.79 Å². The number of amides is 1. The lowest BCUT2D eigenvalue weighted by Crippen LogP contribution is -2.34. The van der Waals surface area contributed by atoms with E-state index in [0.717, 1.165) is 32.3 Å². The van der Waals surface area contributed by atoms with Gasteiger partial charge >= 0.3 is 0 Å². The van der Waals surface area contributed by atoms with Crippen LogP contribution < -0.4 is 5.56 Å². The van der Waals surface area contributed by atoms with Crippen molar-refractivity contribution in [2.24, 2.45) is 0 Å². The van der Waals surface area contributed by atoms with Crippen LogP contribution in [0.3, 0.4) is 0 Å². The molecule has 0 unspecified atom stereocenters. The maximum Gasteiger partial charge on any atom is 0.267 e. The topological polar surface area (TPSA) is 55.2 Å². The molecular formula is C26H25N3O2S2. The first-order valence-electron chi connectivity index (χ1n) is 11.0. The highest BCUT2D eigenvalue weighted by Gasteiger charge is 2.26. The van der Waals surface area contributed by atoms with Gasteiger partial charge in [-0.25, -0.2) is 4.98 Å². The molecule has 0 bridgehead atoms. The number of thioether (sulfide) groups is 1. The van der Waals surface area contributed by atoms with Crippen molar-refractivity contribution in [1.82, 2.24) is 14.5 Å². The van der Waals surface area contributed by atoms with Crippen LogP contribution in [0.2, 0.25) is 0 Å². The van der Waals surface area contributed by atoms with E-state index < -0.39 is 0 Å². The number of para-hydroxylation sites is 1. The molecule has 1 aliphatic heterocycles. The summed E-state index contributed by atoms with van der Waals surface area (Å²) in [5, 5.41) is 1.41. The van der Waals surface area contributed by atoms with E-state index in [1.54, 1.807) is 34.6 Å². The van der Waals surface area contributed by atoms with Crippen molar-refractivity contribution in [2.75, 3.05) is 6.54 Å². The second kappa shape index (κ2) is 8.80. The Morgan fingerprint density at radius 3 is 2.61 bits per heavy atom. The van der Waals surface area contributed by atoms with Crippen molar-refractivity contribution in [3.8, 4) is 5.69 Å². The highest BCUT2D eigenvalue weighted by Crippen LogP contribution is 2.35. The second-order valence-electron chi connectivity index (χ2n) is 8.47. The Kier molecular flexibility index (Phi) is 5.85. The van der Waals surface area contributed by atoms with E-state index in [4.69, 9.17) is 4.98 Å². The normalized spacial score (nSPS) is 13.4. The SMILES string of the molecule is CC(=O)N1CCc2c(sc3nc(SCc4ccc(C)cc4)n(-c4ccccc4C)c(=O)c23)C1. The number of aryl methyl sites for hydroxylation is 2. The number of hydrogen-bond acceptors (Lipinski definition) is 5. The molecule has 5 rings (SSSR count). The van der Waals surface area contributed by atoms with Gasteiger partial charge in [-0.2, -0.15) is 0 Å². The summed E-state index contributed by atoms with van der Waals surface area (Å²) >= 11 is 3.13. The molecule has 2 aromatic heterocycles. The fourth-order valence-electron chi connectivity index (χ4n) is 4.25. The maximum atomic E-state index is 13.9. The molecule has 1 amide bonds. The molecule has 0 radical (unpaired) electrons. The molecule has 3 heterocycles. The van der Waals surface area contributed by atoms with Crippen LogP contribution in [0.1, 0.15) is 34.1 Å². The Morgan fingerprint density at radius 2 is 1.88 bits per heavy atom. The highest BCUT2D eigenvalue weighted by atomic mass is 32.2. The van der Waals surface area contributed by atoms with Crippen LogP contribution in [-0.2, 0) is 23.5 Å². The fourth-order valence-corrected chi connectivity index (χ4v) is 6.49. The van der Waals surface area contributed by atoms with Gasteiger partial charge in [0.25, 0.3) is 5.56 Å². The van der Waals surface area contributed by atoms with Gasteiger partial charge in [0.1, 0.15) is 4.83 Å². The van der Waals surface area contributed by atoms with Gasteiger partial charge in [0.15, 0.2) is 5.16 Å². The van der Waals surface area contributed by atoms with Crippen LogP contribution in [0.4, 0.5) is 0 Å². The van der Waals surface area contributed by atoms with Crippen molar-refractivity contribution in [2.45, 2.75) is 44.6 Å². The molecule has 1 aliphatic rings. The van der Waals surface area contributed by atoms with Crippen LogP contribution in [0, 0.1) is 13.8 Å². The number of carbonyl (C=O) groups is 1. The number of fused-ring (bicyclic) bond motifs is 3. The van der Waals surface area contributed by atoms with E-state index >= 15 is 0 Å². The van der Waals surface area contributed by atoms with Gasteiger partial charge in [0.2, 0.25) is 5.91 Å². The Balaban J connectivity index is 1.65. The molecule has 4 aromatic rings. The first-order chi connectivity index (χ1) is 15.9. The quantitative estimate of drug-likeness (QED) is 0.298. The first kappa shape index (κ1) is 21.9. The van der Waals surface area contributed by atoms with Gasteiger partial charge in [0.05, 0.1) is 17.6 Å². The third-order valence-corrected chi connectivity index (χ3v) is 8.25. The van der Waals surface area contributed by atoms with Crippen molar-refractivity contribution in [3.63, 3.8) is 0 Å². The predicted molar refractivity (Wildman–Crippen MR) is 135 cm³/mol. The summed E-state index contributed by atoms with van der Waals surface area (Å²) in [5.74, 6) is 0.797. The summed E-state index contributed by atoms with van der Waals surface area (Å²) in [6.07, 6.45) is 0.690. The van der Waals surface area contributed by atoms with E-state index in [-0.39, 0.29) is 11.5 Å². The number of hydrogen-bond donors (Lipinski definition) is 0. The molecule has 0 N–H and O–H groups in total. The van der Waals surface area contributed by atoms with Gasteiger partial charge < -0.3 is 4.90 Å². The van der Waals surface area contributed by atoms with Crippen LogP contribution in [0.15, 0.2) is 58.5 Å².